The molecule has 0 amide bonds. The Morgan fingerprint density at radius 3 is 1.86 bits per heavy atom. The van der Waals surface area contributed by atoms with Crippen LogP contribution in [0.25, 0.3) is 0 Å². The van der Waals surface area contributed by atoms with E-state index >= 15 is 0 Å². The summed E-state index contributed by atoms with van der Waals surface area (Å²) >= 11 is 2.05. The minimum atomic E-state index is 0.318. The molecule has 2 bridgehead atoms. The highest BCUT2D eigenvalue weighted by Crippen LogP contribution is 2.38. The predicted molar refractivity (Wildman–Crippen MR) is 96.3 cm³/mol. The maximum Gasteiger partial charge on any atom is 0.0150 e. The molecule has 0 saturated heterocycles. The Morgan fingerprint density at radius 1 is 0.714 bits per heavy atom. The third kappa shape index (κ3) is 5.36. The van der Waals surface area contributed by atoms with Crippen LogP contribution in [-0.2, 0) is 5.41 Å². The van der Waals surface area contributed by atoms with Gasteiger partial charge in [-0.2, -0.15) is 0 Å². The lowest BCUT2D eigenvalue weighted by molar-refractivity contribution is 0.440. The van der Waals surface area contributed by atoms with Crippen molar-refractivity contribution in [3.8, 4) is 0 Å². The second-order valence-electron chi connectivity index (χ2n) is 7.89. The Kier molecular flexibility index (Phi) is 5.82. The number of rotatable bonds is 0. The van der Waals surface area contributed by atoms with Gasteiger partial charge in [0.1, 0.15) is 0 Å². The Labute approximate surface area is 136 Å². The molecule has 118 valence electrons. The van der Waals surface area contributed by atoms with Crippen molar-refractivity contribution in [3.05, 3.63) is 29.8 Å². The molecule has 2 aliphatic rings. The molecule has 0 saturated carbocycles. The average Bonchev–Trinajstić information content (AvgIpc) is 2.41. The second-order valence-corrected chi connectivity index (χ2v) is 9.67. The monoisotopic (exact) mass is 304 g/mol. The van der Waals surface area contributed by atoms with Crippen molar-refractivity contribution in [2.75, 3.05) is 0 Å². The fraction of sp³-hybridized carbons (Fsp3) is 0.700. The van der Waals surface area contributed by atoms with Crippen LogP contribution in [0.5, 0.6) is 0 Å². The van der Waals surface area contributed by atoms with Gasteiger partial charge in [-0.15, -0.1) is 11.8 Å². The summed E-state index contributed by atoms with van der Waals surface area (Å²) in [4.78, 5) is 1.43. The predicted octanol–water partition coefficient (Wildman–Crippen LogP) is 6.97. The van der Waals surface area contributed by atoms with Crippen molar-refractivity contribution in [2.45, 2.75) is 94.1 Å². The van der Waals surface area contributed by atoms with Gasteiger partial charge >= 0.3 is 0 Å². The van der Waals surface area contributed by atoms with Gasteiger partial charge in [0.25, 0.3) is 0 Å². The van der Waals surface area contributed by atoms with E-state index < -0.39 is 0 Å². The van der Waals surface area contributed by atoms with Crippen molar-refractivity contribution in [2.24, 2.45) is 0 Å². The molecular weight excluding hydrogens is 272 g/mol. The molecule has 1 aromatic rings. The highest BCUT2D eigenvalue weighted by atomic mass is 32.2. The van der Waals surface area contributed by atoms with Crippen molar-refractivity contribution >= 4 is 11.8 Å². The standard InChI is InChI=1S/C20H32S/c1-19(2)15-9-7-5-6-8-10-16-20(3,4)21-18-13-11-17(19)12-14-18/h11-14H,5-10,15-16H2,1-4H3. The lowest BCUT2D eigenvalue weighted by Crippen LogP contribution is -2.17. The maximum absolute atomic E-state index is 2.40. The quantitative estimate of drug-likeness (QED) is 0.498. The van der Waals surface area contributed by atoms with Crippen LogP contribution in [0.4, 0.5) is 0 Å². The molecule has 21 heavy (non-hydrogen) atoms. The van der Waals surface area contributed by atoms with Crippen LogP contribution in [-0.4, -0.2) is 4.75 Å². The molecule has 0 nitrogen and oxygen atoms in total. The summed E-state index contributed by atoms with van der Waals surface area (Å²) < 4.78 is 0.358. The molecule has 2 heterocycles. The van der Waals surface area contributed by atoms with Gasteiger partial charge in [-0.25, -0.2) is 0 Å². The summed E-state index contributed by atoms with van der Waals surface area (Å²) in [5.74, 6) is 0. The Morgan fingerprint density at radius 2 is 1.24 bits per heavy atom. The zero-order valence-electron chi connectivity index (χ0n) is 14.4. The lowest BCUT2D eigenvalue weighted by Gasteiger charge is -2.26. The molecule has 0 N–H and O–H groups in total. The smallest absolute Gasteiger partial charge is 0.0150 e. The molecule has 2 aliphatic heterocycles. The highest BCUT2D eigenvalue weighted by Gasteiger charge is 2.22. The van der Waals surface area contributed by atoms with Gasteiger partial charge in [0.15, 0.2) is 0 Å². The third-order valence-electron chi connectivity index (χ3n) is 4.86. The van der Waals surface area contributed by atoms with Gasteiger partial charge in [0.05, 0.1) is 0 Å². The minimum absolute atomic E-state index is 0.318. The van der Waals surface area contributed by atoms with Crippen LogP contribution >= 0.6 is 11.8 Å². The van der Waals surface area contributed by atoms with Gasteiger partial charge in [-0.1, -0.05) is 78.4 Å². The SMILES string of the molecule is CC1(C)CCCCCCCCC(C)(C)c2ccc(cc2)S1. The average molecular weight is 305 g/mol. The highest BCUT2D eigenvalue weighted by molar-refractivity contribution is 8.00. The summed E-state index contributed by atoms with van der Waals surface area (Å²) in [6.07, 6.45) is 11.0. The first-order valence-electron chi connectivity index (χ1n) is 8.69. The molecule has 0 aliphatic carbocycles. The lowest BCUT2D eigenvalue weighted by atomic mass is 9.80. The number of hydrogen-bond acceptors (Lipinski definition) is 1. The molecule has 1 heteroatoms. The molecule has 0 fully saturated rings. The van der Waals surface area contributed by atoms with E-state index in [0.717, 1.165) is 0 Å². The van der Waals surface area contributed by atoms with E-state index in [2.05, 4.69) is 52.0 Å². The van der Waals surface area contributed by atoms with Crippen LogP contribution < -0.4 is 0 Å². The zero-order chi connectivity index (χ0) is 15.3. The van der Waals surface area contributed by atoms with Crippen LogP contribution in [0.3, 0.4) is 0 Å². The van der Waals surface area contributed by atoms with E-state index in [1.165, 1.54) is 61.8 Å². The second kappa shape index (κ2) is 7.22. The largest absolute Gasteiger partial charge is 0.120 e. The summed E-state index contributed by atoms with van der Waals surface area (Å²) in [6.45, 7) is 9.59. The molecule has 0 unspecified atom stereocenters. The maximum atomic E-state index is 2.40. The first kappa shape index (κ1) is 16.9. The van der Waals surface area contributed by atoms with E-state index in [0.29, 0.717) is 10.2 Å². The van der Waals surface area contributed by atoms with Crippen molar-refractivity contribution in [1.29, 1.82) is 0 Å². The molecule has 1 aromatic carbocycles. The Hall–Kier alpha value is -0.430. The fourth-order valence-electron chi connectivity index (χ4n) is 3.31. The summed E-state index contributed by atoms with van der Waals surface area (Å²) in [5, 5.41) is 0. The fourth-order valence-corrected chi connectivity index (χ4v) is 4.47. The molecule has 0 aromatic heterocycles. The number of thioether (sulfide) groups is 1. The van der Waals surface area contributed by atoms with E-state index in [-0.39, 0.29) is 0 Å². The van der Waals surface area contributed by atoms with Gasteiger partial charge in [-0.05, 0) is 36.0 Å². The minimum Gasteiger partial charge on any atom is -0.120 e. The topological polar surface area (TPSA) is 0 Å². The molecule has 0 atom stereocenters. The van der Waals surface area contributed by atoms with Crippen LogP contribution in [0, 0.1) is 0 Å². The number of benzene rings is 1. The zero-order valence-corrected chi connectivity index (χ0v) is 15.2. The van der Waals surface area contributed by atoms with Crippen molar-refractivity contribution < 1.29 is 0 Å². The van der Waals surface area contributed by atoms with Gasteiger partial charge in [0.2, 0.25) is 0 Å². The van der Waals surface area contributed by atoms with Gasteiger partial charge in [0, 0.05) is 9.64 Å². The first-order chi connectivity index (χ1) is 9.89. The van der Waals surface area contributed by atoms with Crippen molar-refractivity contribution in [3.63, 3.8) is 0 Å². The normalized spacial score (nSPS) is 23.2. The summed E-state index contributed by atoms with van der Waals surface area (Å²) in [6, 6.07) is 9.39. The Balaban J connectivity index is 2.15. The summed E-state index contributed by atoms with van der Waals surface area (Å²) in [7, 11) is 0. The summed E-state index contributed by atoms with van der Waals surface area (Å²) in [5.41, 5.74) is 1.82. The van der Waals surface area contributed by atoms with Crippen molar-refractivity contribution in [1.82, 2.24) is 0 Å². The Bertz CT molecular complexity index is 428. The van der Waals surface area contributed by atoms with E-state index in [1.54, 1.807) is 0 Å². The van der Waals surface area contributed by atoms with Crippen LogP contribution in [0.15, 0.2) is 29.2 Å². The van der Waals surface area contributed by atoms with Gasteiger partial charge in [-0.3, -0.25) is 0 Å². The van der Waals surface area contributed by atoms with E-state index in [1.807, 2.05) is 11.8 Å². The molecule has 0 radical (unpaired) electrons. The van der Waals surface area contributed by atoms with Crippen LogP contribution in [0.1, 0.15) is 84.6 Å². The van der Waals surface area contributed by atoms with Crippen LogP contribution in [0.2, 0.25) is 0 Å². The van der Waals surface area contributed by atoms with E-state index in [4.69, 9.17) is 0 Å². The van der Waals surface area contributed by atoms with Gasteiger partial charge < -0.3 is 0 Å². The number of hydrogen-bond donors (Lipinski definition) is 0. The van der Waals surface area contributed by atoms with E-state index in [9.17, 15) is 0 Å². The molecular formula is C20H32S. The number of fused-ring (bicyclic) bond motifs is 12. The molecule has 0 spiro atoms. The molecule has 3 rings (SSSR count). The third-order valence-corrected chi connectivity index (χ3v) is 6.13. The first-order valence-corrected chi connectivity index (χ1v) is 9.50.